The molecule has 1 amide bonds. The van der Waals surface area contributed by atoms with Gasteiger partial charge in [0, 0.05) is 33.2 Å². The van der Waals surface area contributed by atoms with Crippen molar-refractivity contribution in [2.24, 2.45) is 0 Å². The van der Waals surface area contributed by atoms with Gasteiger partial charge in [-0.15, -0.1) is 0 Å². The molecule has 0 radical (unpaired) electrons. The molecular weight excluding hydrogens is 471 g/mol. The van der Waals surface area contributed by atoms with Crippen molar-refractivity contribution in [1.82, 2.24) is 11.1 Å². The molecule has 0 unspecified atom stereocenters. The summed E-state index contributed by atoms with van der Waals surface area (Å²) in [5.74, 6) is 0.732. The predicted octanol–water partition coefficient (Wildman–Crippen LogP) is 5.28. The molecule has 0 spiro atoms. The van der Waals surface area contributed by atoms with Gasteiger partial charge in [-0.3, -0.25) is 9.32 Å². The minimum absolute atomic E-state index is 0. The van der Waals surface area contributed by atoms with Crippen LogP contribution in [0.2, 0.25) is 0 Å². The Balaban J connectivity index is 0.0000116. The summed E-state index contributed by atoms with van der Waals surface area (Å²) in [6, 6.07) is 7.83. The number of unbranched alkanes of at least 4 members (excludes halogenated alkanes) is 7. The highest BCUT2D eigenvalue weighted by Gasteiger charge is 2.17. The molecule has 1 rings (SSSR count). The van der Waals surface area contributed by atoms with E-state index in [0.29, 0.717) is 39.0 Å². The minimum atomic E-state index is -4.55. The first-order valence-electron chi connectivity index (χ1n) is 12.5. The van der Waals surface area contributed by atoms with Crippen molar-refractivity contribution in [3.05, 3.63) is 29.8 Å². The Bertz CT molecular complexity index is 715. The third-order valence-corrected chi connectivity index (χ3v) is 6.06. The van der Waals surface area contributed by atoms with E-state index in [9.17, 15) is 9.36 Å². The lowest BCUT2D eigenvalue weighted by Crippen LogP contribution is -2.35. The second-order valence-electron chi connectivity index (χ2n) is 8.52. The van der Waals surface area contributed by atoms with Gasteiger partial charge < -0.3 is 30.3 Å². The second kappa shape index (κ2) is 20.7. The zero-order valence-corrected chi connectivity index (χ0v) is 22.6. The van der Waals surface area contributed by atoms with Crippen LogP contribution in [0.15, 0.2) is 24.3 Å². The van der Waals surface area contributed by atoms with E-state index in [4.69, 9.17) is 19.3 Å². The van der Waals surface area contributed by atoms with Gasteiger partial charge in [-0.05, 0) is 37.0 Å². The molecule has 0 aliphatic carbocycles. The van der Waals surface area contributed by atoms with Crippen LogP contribution in [0.5, 0.6) is 5.75 Å². The molecule has 9 nitrogen and oxygen atoms in total. The first-order valence-corrected chi connectivity index (χ1v) is 14.1. The van der Waals surface area contributed by atoms with Gasteiger partial charge in [0.2, 0.25) is 5.91 Å². The Morgan fingerprint density at radius 3 is 2.29 bits per heavy atom. The predicted molar refractivity (Wildman–Crippen MR) is 139 cm³/mol. The van der Waals surface area contributed by atoms with Gasteiger partial charge >= 0.3 is 7.82 Å². The average molecular weight is 519 g/mol. The number of phosphoric ester groups is 1. The monoisotopic (exact) mass is 518 g/mol. The van der Waals surface area contributed by atoms with E-state index >= 15 is 0 Å². The number of hydrogen-bond acceptors (Lipinski definition) is 6. The van der Waals surface area contributed by atoms with Gasteiger partial charge in [0.15, 0.2) is 0 Å². The van der Waals surface area contributed by atoms with E-state index in [1.54, 1.807) is 12.0 Å². The molecule has 10 heteroatoms. The zero-order chi connectivity index (χ0) is 25.1. The quantitative estimate of drug-likeness (QED) is 0.148. The van der Waals surface area contributed by atoms with Crippen molar-refractivity contribution < 1.29 is 33.1 Å². The fourth-order valence-electron chi connectivity index (χ4n) is 3.66. The fourth-order valence-corrected chi connectivity index (χ4v) is 3.98. The van der Waals surface area contributed by atoms with Gasteiger partial charge in [0.1, 0.15) is 5.75 Å². The summed E-state index contributed by atoms with van der Waals surface area (Å²) in [7, 11) is -2.96. The average Bonchev–Trinajstić information content (AvgIpc) is 2.80. The summed E-state index contributed by atoms with van der Waals surface area (Å²) < 4.78 is 26.3. The molecule has 0 heterocycles. The lowest BCUT2D eigenvalue weighted by Gasteiger charge is -2.23. The molecule has 0 fully saturated rings. The van der Waals surface area contributed by atoms with Crippen molar-refractivity contribution in [3.8, 4) is 5.75 Å². The number of carbonyl (C=O) groups is 1. The first-order chi connectivity index (χ1) is 16.4. The number of ether oxygens (including phenoxy) is 2. The van der Waals surface area contributed by atoms with E-state index < -0.39 is 7.82 Å². The van der Waals surface area contributed by atoms with Gasteiger partial charge in [-0.1, -0.05) is 64.0 Å². The molecule has 1 aromatic carbocycles. The van der Waals surface area contributed by atoms with Crippen LogP contribution in [0, 0.1) is 0 Å². The van der Waals surface area contributed by atoms with Gasteiger partial charge in [-0.2, -0.15) is 0 Å². The fraction of sp³-hybridized carbons (Fsp3) is 0.720. The third kappa shape index (κ3) is 18.4. The smallest absolute Gasteiger partial charge is 0.469 e. The molecule has 0 aliphatic heterocycles. The number of hydrogen-bond donors (Lipinski definition) is 3. The topological polar surface area (TPSA) is 141 Å². The molecule has 5 N–H and O–H groups in total. The highest BCUT2D eigenvalue weighted by molar-refractivity contribution is 7.46. The molecule has 0 aromatic heterocycles. The van der Waals surface area contributed by atoms with Crippen LogP contribution in [-0.2, 0) is 25.0 Å². The van der Waals surface area contributed by atoms with Gasteiger partial charge in [-0.25, -0.2) is 4.57 Å². The van der Waals surface area contributed by atoms with E-state index in [1.807, 2.05) is 24.3 Å². The van der Waals surface area contributed by atoms with Gasteiger partial charge in [0.25, 0.3) is 0 Å². The Kier molecular flexibility index (Phi) is 19.8. The van der Waals surface area contributed by atoms with E-state index in [0.717, 1.165) is 17.7 Å². The number of phosphoric acid groups is 1. The summed E-state index contributed by atoms with van der Waals surface area (Å²) >= 11 is 0. The first kappa shape index (κ1) is 33.5. The number of rotatable bonds is 21. The molecule has 35 heavy (non-hydrogen) atoms. The maximum absolute atomic E-state index is 12.7. The van der Waals surface area contributed by atoms with Crippen molar-refractivity contribution >= 4 is 13.7 Å². The largest absolute Gasteiger partial charge is 0.494 e. The highest BCUT2D eigenvalue weighted by atomic mass is 31.2. The number of amides is 1. The van der Waals surface area contributed by atoms with Crippen LogP contribution in [0.4, 0.5) is 0 Å². The standard InChI is InChI=1S/C25H44NO7P.H3N/c1-3-4-5-6-7-8-9-10-20-32-24-14-11-13-23(22-24)15-16-25(27)26(17-12-19-31-2)18-21-33-34(28,29)30;/h11,13-14,22H,3-10,12,15-21H2,1-2H3,(H2,28,29,30);1H3. The molecule has 0 aliphatic rings. The van der Waals surface area contributed by atoms with Gasteiger partial charge in [0.05, 0.1) is 13.2 Å². The van der Waals surface area contributed by atoms with Crippen molar-refractivity contribution in [3.63, 3.8) is 0 Å². The number of carbonyl (C=O) groups excluding carboxylic acids is 1. The van der Waals surface area contributed by atoms with Crippen LogP contribution in [0.3, 0.4) is 0 Å². The summed E-state index contributed by atoms with van der Waals surface area (Å²) in [5.41, 5.74) is 1.02. The van der Waals surface area contributed by atoms with Crippen LogP contribution in [-0.4, -0.2) is 60.6 Å². The summed E-state index contributed by atoms with van der Waals surface area (Å²) in [6.07, 6.45) is 11.6. The molecular formula is C25H47N2O7P. The molecule has 0 bridgehead atoms. The molecule has 0 atom stereocenters. The Morgan fingerprint density at radius 2 is 1.63 bits per heavy atom. The SMILES string of the molecule is CCCCCCCCCCOc1cccc(CCC(=O)N(CCCOC)CCOP(=O)(O)O)c1.N. The highest BCUT2D eigenvalue weighted by Crippen LogP contribution is 2.35. The van der Waals surface area contributed by atoms with Crippen molar-refractivity contribution in [2.75, 3.05) is 40.0 Å². The number of benzene rings is 1. The van der Waals surface area contributed by atoms with Crippen LogP contribution < -0.4 is 10.9 Å². The van der Waals surface area contributed by atoms with Crippen molar-refractivity contribution in [1.29, 1.82) is 0 Å². The Morgan fingerprint density at radius 1 is 0.943 bits per heavy atom. The van der Waals surface area contributed by atoms with E-state index in [2.05, 4.69) is 11.4 Å². The van der Waals surface area contributed by atoms with E-state index in [1.165, 1.54) is 44.9 Å². The summed E-state index contributed by atoms with van der Waals surface area (Å²) in [6.45, 7) is 3.78. The second-order valence-corrected chi connectivity index (χ2v) is 9.76. The molecule has 0 saturated carbocycles. The van der Waals surface area contributed by atoms with E-state index in [-0.39, 0.29) is 25.2 Å². The minimum Gasteiger partial charge on any atom is -0.494 e. The summed E-state index contributed by atoms with van der Waals surface area (Å²) in [4.78, 5) is 32.0. The normalized spacial score (nSPS) is 11.2. The molecule has 0 saturated heterocycles. The number of methoxy groups -OCH3 is 1. The van der Waals surface area contributed by atoms with Crippen LogP contribution in [0.1, 0.15) is 76.7 Å². The van der Waals surface area contributed by atoms with Crippen molar-refractivity contribution in [2.45, 2.75) is 77.6 Å². The molecule has 1 aromatic rings. The Hall–Kier alpha value is -1.48. The van der Waals surface area contributed by atoms with Crippen LogP contribution >= 0.6 is 7.82 Å². The third-order valence-electron chi connectivity index (χ3n) is 5.54. The maximum Gasteiger partial charge on any atom is 0.469 e. The maximum atomic E-state index is 12.7. The number of nitrogens with zero attached hydrogens (tertiary/aromatic N) is 1. The molecule has 204 valence electrons. The lowest BCUT2D eigenvalue weighted by molar-refractivity contribution is -0.131. The zero-order valence-electron chi connectivity index (χ0n) is 21.7. The lowest BCUT2D eigenvalue weighted by atomic mass is 10.1. The summed E-state index contributed by atoms with van der Waals surface area (Å²) in [5, 5.41) is 0. The Labute approximate surface area is 211 Å². The number of aryl methyl sites for hydroxylation is 1. The van der Waals surface area contributed by atoms with Crippen LogP contribution in [0.25, 0.3) is 0 Å².